The fourth-order valence-corrected chi connectivity index (χ4v) is 1.41. The minimum atomic E-state index is -0.534. The van der Waals surface area contributed by atoms with Crippen molar-refractivity contribution in [2.24, 2.45) is 11.3 Å². The number of ether oxygens (including phenoxy) is 1. The maximum Gasteiger partial charge on any atom is 0.0856 e. The Kier molecular flexibility index (Phi) is 5.24. The van der Waals surface area contributed by atoms with Gasteiger partial charge in [-0.05, 0) is 19.8 Å². The van der Waals surface area contributed by atoms with Gasteiger partial charge in [0.05, 0.1) is 24.9 Å². The Morgan fingerprint density at radius 2 is 1.60 bits per heavy atom. The van der Waals surface area contributed by atoms with E-state index in [1.165, 1.54) is 0 Å². The lowest BCUT2D eigenvalue weighted by atomic mass is 9.81. The first-order valence-electron chi connectivity index (χ1n) is 5.55. The Bertz CT molecular complexity index is 185. The molecule has 1 unspecified atom stereocenters. The minimum absolute atomic E-state index is 0.0130. The van der Waals surface area contributed by atoms with Gasteiger partial charge in [-0.2, -0.15) is 0 Å². The van der Waals surface area contributed by atoms with Gasteiger partial charge in [-0.1, -0.05) is 27.7 Å². The lowest BCUT2D eigenvalue weighted by molar-refractivity contribution is -0.114. The lowest BCUT2D eigenvalue weighted by Gasteiger charge is -2.36. The maximum absolute atomic E-state index is 9.98. The van der Waals surface area contributed by atoms with E-state index in [1.54, 1.807) is 0 Å². The van der Waals surface area contributed by atoms with Gasteiger partial charge in [-0.25, -0.2) is 0 Å². The molecule has 0 rings (SSSR count). The molecule has 0 radical (unpaired) electrons. The van der Waals surface area contributed by atoms with Crippen molar-refractivity contribution in [2.45, 2.75) is 53.2 Å². The molecule has 0 bridgehead atoms. The Labute approximate surface area is 93.5 Å². The predicted octanol–water partition coefficient (Wildman–Crippen LogP) is 1.82. The highest BCUT2D eigenvalue weighted by Gasteiger charge is 2.32. The predicted molar refractivity (Wildman–Crippen MR) is 61.7 cm³/mol. The molecule has 3 nitrogen and oxygen atoms in total. The van der Waals surface area contributed by atoms with E-state index in [0.29, 0.717) is 6.61 Å². The summed E-state index contributed by atoms with van der Waals surface area (Å²) in [5, 5.41) is 19.0. The number of hydrogen-bond acceptors (Lipinski definition) is 3. The fraction of sp³-hybridized carbons (Fsp3) is 1.00. The van der Waals surface area contributed by atoms with Crippen LogP contribution in [0.25, 0.3) is 0 Å². The van der Waals surface area contributed by atoms with Crippen molar-refractivity contribution in [2.75, 3.05) is 13.2 Å². The van der Waals surface area contributed by atoms with Crippen LogP contribution < -0.4 is 0 Å². The highest BCUT2D eigenvalue weighted by Crippen LogP contribution is 2.28. The third-order valence-corrected chi connectivity index (χ3v) is 2.65. The van der Waals surface area contributed by atoms with E-state index in [1.807, 2.05) is 41.5 Å². The zero-order valence-electron chi connectivity index (χ0n) is 10.9. The van der Waals surface area contributed by atoms with Gasteiger partial charge in [0.15, 0.2) is 0 Å². The first-order chi connectivity index (χ1) is 6.62. The van der Waals surface area contributed by atoms with Crippen LogP contribution in [0.1, 0.15) is 41.5 Å². The molecule has 0 aromatic carbocycles. The van der Waals surface area contributed by atoms with Crippen LogP contribution in [-0.2, 0) is 4.74 Å². The second-order valence-electron chi connectivity index (χ2n) is 5.88. The van der Waals surface area contributed by atoms with Gasteiger partial charge in [0.2, 0.25) is 0 Å². The highest BCUT2D eigenvalue weighted by molar-refractivity contribution is 4.81. The van der Waals surface area contributed by atoms with E-state index in [4.69, 9.17) is 9.84 Å². The summed E-state index contributed by atoms with van der Waals surface area (Å²) in [6.45, 7) is 12.0. The molecular formula is C12H26O3. The molecule has 0 spiro atoms. The van der Waals surface area contributed by atoms with Gasteiger partial charge in [0, 0.05) is 5.41 Å². The van der Waals surface area contributed by atoms with Crippen molar-refractivity contribution in [1.82, 2.24) is 0 Å². The molecule has 0 aliphatic rings. The molecule has 0 saturated carbocycles. The molecule has 0 aliphatic carbocycles. The van der Waals surface area contributed by atoms with Crippen molar-refractivity contribution in [3.63, 3.8) is 0 Å². The lowest BCUT2D eigenvalue weighted by Crippen LogP contribution is -2.41. The molecule has 15 heavy (non-hydrogen) atoms. The molecule has 0 aromatic heterocycles. The van der Waals surface area contributed by atoms with Crippen LogP contribution in [0, 0.1) is 11.3 Å². The van der Waals surface area contributed by atoms with Crippen molar-refractivity contribution in [1.29, 1.82) is 0 Å². The van der Waals surface area contributed by atoms with Crippen LogP contribution in [0.5, 0.6) is 0 Å². The summed E-state index contributed by atoms with van der Waals surface area (Å²) in [6.07, 6.45) is -0.396. The number of rotatable bonds is 6. The molecule has 0 saturated heterocycles. The van der Waals surface area contributed by atoms with Gasteiger partial charge in [0.25, 0.3) is 0 Å². The summed E-state index contributed by atoms with van der Waals surface area (Å²) in [6, 6.07) is 0. The largest absolute Gasteiger partial charge is 0.393 e. The molecule has 3 heteroatoms. The summed E-state index contributed by atoms with van der Waals surface area (Å²) in [5.74, 6) is 0.209. The standard InChI is InChI=1S/C12H26O3/c1-9(2)10(14)11(3,4)8-15-12(5,6)7-13/h9-10,13-14H,7-8H2,1-6H3. The first-order valence-corrected chi connectivity index (χ1v) is 5.55. The van der Waals surface area contributed by atoms with Gasteiger partial charge >= 0.3 is 0 Å². The second kappa shape index (κ2) is 5.28. The van der Waals surface area contributed by atoms with E-state index in [-0.39, 0.29) is 17.9 Å². The highest BCUT2D eigenvalue weighted by atomic mass is 16.5. The summed E-state index contributed by atoms with van der Waals surface area (Å²) in [7, 11) is 0. The fourth-order valence-electron chi connectivity index (χ4n) is 1.41. The van der Waals surface area contributed by atoms with Gasteiger partial charge < -0.3 is 14.9 Å². The topological polar surface area (TPSA) is 49.7 Å². The molecule has 0 fully saturated rings. The summed E-state index contributed by atoms with van der Waals surface area (Å²) in [5.41, 5.74) is -0.825. The minimum Gasteiger partial charge on any atom is -0.393 e. The van der Waals surface area contributed by atoms with E-state index in [2.05, 4.69) is 0 Å². The van der Waals surface area contributed by atoms with E-state index < -0.39 is 11.7 Å². The van der Waals surface area contributed by atoms with Crippen LogP contribution in [-0.4, -0.2) is 35.1 Å². The molecule has 92 valence electrons. The Balaban J connectivity index is 4.27. The van der Waals surface area contributed by atoms with E-state index in [9.17, 15) is 5.11 Å². The zero-order valence-corrected chi connectivity index (χ0v) is 10.9. The van der Waals surface area contributed by atoms with Gasteiger partial charge in [-0.3, -0.25) is 0 Å². The number of aliphatic hydroxyl groups is 2. The van der Waals surface area contributed by atoms with Crippen LogP contribution in [0.2, 0.25) is 0 Å². The molecule has 0 aromatic rings. The third-order valence-electron chi connectivity index (χ3n) is 2.65. The van der Waals surface area contributed by atoms with Crippen molar-refractivity contribution >= 4 is 0 Å². The van der Waals surface area contributed by atoms with Crippen LogP contribution in [0.3, 0.4) is 0 Å². The van der Waals surface area contributed by atoms with E-state index in [0.717, 1.165) is 0 Å². The normalized spacial score (nSPS) is 15.8. The van der Waals surface area contributed by atoms with E-state index >= 15 is 0 Å². The SMILES string of the molecule is CC(C)C(O)C(C)(C)COC(C)(C)CO. The molecular weight excluding hydrogens is 192 g/mol. The Morgan fingerprint density at radius 1 is 1.13 bits per heavy atom. The van der Waals surface area contributed by atoms with Crippen LogP contribution in [0.4, 0.5) is 0 Å². The van der Waals surface area contributed by atoms with Gasteiger partial charge in [0.1, 0.15) is 0 Å². The quantitative estimate of drug-likeness (QED) is 0.715. The molecule has 0 heterocycles. The maximum atomic E-state index is 9.98. The number of hydrogen-bond donors (Lipinski definition) is 2. The van der Waals surface area contributed by atoms with Crippen LogP contribution >= 0.6 is 0 Å². The molecule has 2 N–H and O–H groups in total. The number of aliphatic hydroxyl groups excluding tert-OH is 2. The summed E-state index contributed by atoms with van der Waals surface area (Å²) >= 11 is 0. The Hall–Kier alpha value is -0.120. The van der Waals surface area contributed by atoms with Crippen molar-refractivity contribution < 1.29 is 14.9 Å². The average Bonchev–Trinajstić information content (AvgIpc) is 2.14. The van der Waals surface area contributed by atoms with Crippen LogP contribution in [0.15, 0.2) is 0 Å². The zero-order chi connectivity index (χ0) is 12.3. The average molecular weight is 218 g/mol. The summed E-state index contributed by atoms with van der Waals surface area (Å²) < 4.78 is 5.60. The first kappa shape index (κ1) is 14.9. The Morgan fingerprint density at radius 3 is 1.93 bits per heavy atom. The molecule has 1 atom stereocenters. The third kappa shape index (κ3) is 4.96. The summed E-state index contributed by atoms with van der Waals surface area (Å²) in [4.78, 5) is 0. The van der Waals surface area contributed by atoms with Gasteiger partial charge in [-0.15, -0.1) is 0 Å². The smallest absolute Gasteiger partial charge is 0.0856 e. The molecule has 0 aliphatic heterocycles. The monoisotopic (exact) mass is 218 g/mol. The second-order valence-corrected chi connectivity index (χ2v) is 5.88. The molecule has 0 amide bonds. The van der Waals surface area contributed by atoms with Crippen molar-refractivity contribution in [3.05, 3.63) is 0 Å². The van der Waals surface area contributed by atoms with Crippen molar-refractivity contribution in [3.8, 4) is 0 Å².